The number of carbonyl (C=O) groups is 2. The van der Waals surface area contributed by atoms with E-state index in [0.29, 0.717) is 21.4 Å². The largest absolute Gasteiger partial charge is 0.313 e. The van der Waals surface area contributed by atoms with Gasteiger partial charge in [0.1, 0.15) is 6.54 Å². The standard InChI is InChI=1S/C14H10ClN5OS.C14H11ClN2OS/c1-20-11-3-2-9(15)6-10(11)12(8-4-5-22-7-8)17-13(14(20)21)18-19-16;1-17-12-3-2-10(15)6-11(12)14(16-7-13(17)18)9-4-5-19-8-9/h2-7,13H,1H3;2-6,8H,7H2,1H3. The van der Waals surface area contributed by atoms with Crippen molar-refractivity contribution in [2.45, 2.75) is 6.17 Å². The van der Waals surface area contributed by atoms with Crippen LogP contribution in [0.5, 0.6) is 0 Å². The van der Waals surface area contributed by atoms with Crippen LogP contribution in [0.3, 0.4) is 0 Å². The van der Waals surface area contributed by atoms with Crippen LogP contribution in [-0.4, -0.2) is 50.0 Å². The van der Waals surface area contributed by atoms with Gasteiger partial charge in [0.2, 0.25) is 12.1 Å². The predicted octanol–water partition coefficient (Wildman–Crippen LogP) is 7.07. The van der Waals surface area contributed by atoms with Crippen molar-refractivity contribution in [1.82, 2.24) is 0 Å². The molecule has 0 spiro atoms. The first kappa shape index (κ1) is 28.5. The number of nitrogens with zero attached hydrogens (tertiary/aromatic N) is 7. The van der Waals surface area contributed by atoms with Crippen molar-refractivity contribution in [1.29, 1.82) is 0 Å². The Bertz CT molecular complexity index is 1730. The van der Waals surface area contributed by atoms with Crippen LogP contribution in [0.4, 0.5) is 11.4 Å². The van der Waals surface area contributed by atoms with Crippen molar-refractivity contribution in [3.05, 3.63) is 113 Å². The van der Waals surface area contributed by atoms with Gasteiger partial charge >= 0.3 is 0 Å². The molecule has 1 atom stereocenters. The van der Waals surface area contributed by atoms with Crippen LogP contribution < -0.4 is 9.80 Å². The van der Waals surface area contributed by atoms with Crippen molar-refractivity contribution in [2.75, 3.05) is 30.4 Å². The van der Waals surface area contributed by atoms with E-state index in [-0.39, 0.29) is 18.4 Å². The molecule has 0 bridgehead atoms. The Labute approximate surface area is 253 Å². The molecule has 2 aromatic carbocycles. The van der Waals surface area contributed by atoms with Gasteiger partial charge in [-0.3, -0.25) is 19.6 Å². The zero-order valence-electron chi connectivity index (χ0n) is 21.7. The molecular formula is C28H21Cl2N7O2S2. The predicted molar refractivity (Wildman–Crippen MR) is 167 cm³/mol. The van der Waals surface area contributed by atoms with Crippen LogP contribution in [0.25, 0.3) is 10.4 Å². The van der Waals surface area contributed by atoms with Crippen molar-refractivity contribution in [2.24, 2.45) is 15.1 Å². The van der Waals surface area contributed by atoms with Gasteiger partial charge in [0.25, 0.3) is 5.91 Å². The summed E-state index contributed by atoms with van der Waals surface area (Å²) in [6.07, 6.45) is -1.13. The van der Waals surface area contributed by atoms with Crippen LogP contribution in [0.15, 0.2) is 85.2 Å². The summed E-state index contributed by atoms with van der Waals surface area (Å²) in [4.78, 5) is 39.0. The first-order valence-corrected chi connectivity index (χ1v) is 14.8. The lowest BCUT2D eigenvalue weighted by molar-refractivity contribution is -0.119. The van der Waals surface area contributed by atoms with E-state index in [1.165, 1.54) is 16.2 Å². The van der Waals surface area contributed by atoms with Crippen molar-refractivity contribution in [3.8, 4) is 0 Å². The summed E-state index contributed by atoms with van der Waals surface area (Å²) in [7, 11) is 3.39. The topological polar surface area (TPSA) is 114 Å². The lowest BCUT2D eigenvalue weighted by Crippen LogP contribution is -2.33. The van der Waals surface area contributed by atoms with Gasteiger partial charge < -0.3 is 9.80 Å². The van der Waals surface area contributed by atoms with Crippen LogP contribution in [0, 0.1) is 0 Å². The average Bonchev–Trinajstić information content (AvgIpc) is 3.67. The Hall–Kier alpha value is -3.99. The fourth-order valence-electron chi connectivity index (χ4n) is 4.39. The number of benzodiazepines with no additional fused rings is 2. The number of anilines is 2. The zero-order valence-corrected chi connectivity index (χ0v) is 24.9. The molecule has 13 heteroatoms. The normalized spacial score (nSPS) is 16.2. The number of aliphatic imine (C=N–C) groups is 2. The van der Waals surface area contributed by atoms with Gasteiger partial charge in [-0.2, -0.15) is 22.7 Å². The molecule has 9 nitrogen and oxygen atoms in total. The van der Waals surface area contributed by atoms with E-state index in [9.17, 15) is 9.59 Å². The van der Waals surface area contributed by atoms with E-state index in [0.717, 1.165) is 33.7 Å². The molecule has 0 saturated carbocycles. The third kappa shape index (κ3) is 5.90. The molecule has 206 valence electrons. The summed E-state index contributed by atoms with van der Waals surface area (Å²) in [6, 6.07) is 14.7. The minimum atomic E-state index is -1.13. The molecule has 2 aliphatic heterocycles. The molecule has 0 aliphatic carbocycles. The number of likely N-dealkylation sites (N-methyl/N-ethyl adjacent to an activating group) is 2. The van der Waals surface area contributed by atoms with Gasteiger partial charge in [-0.05, 0) is 64.8 Å². The minimum absolute atomic E-state index is 0.0196. The first-order chi connectivity index (χ1) is 19.8. The molecule has 2 amide bonds. The number of halogens is 2. The van der Waals surface area contributed by atoms with E-state index >= 15 is 0 Å². The second-order valence-corrected chi connectivity index (χ2v) is 11.4. The van der Waals surface area contributed by atoms with E-state index in [4.69, 9.17) is 28.7 Å². The highest BCUT2D eigenvalue weighted by molar-refractivity contribution is 7.08. The maximum Gasteiger partial charge on any atom is 0.257 e. The van der Waals surface area contributed by atoms with E-state index < -0.39 is 6.17 Å². The Morgan fingerprint density at radius 3 is 2.00 bits per heavy atom. The average molecular weight is 623 g/mol. The minimum Gasteiger partial charge on any atom is -0.313 e. The number of rotatable bonds is 3. The van der Waals surface area contributed by atoms with Gasteiger partial charge in [-0.1, -0.05) is 28.3 Å². The number of hydrogen-bond donors (Lipinski definition) is 0. The molecule has 41 heavy (non-hydrogen) atoms. The fraction of sp³-hybridized carbons (Fsp3) is 0.143. The smallest absolute Gasteiger partial charge is 0.257 e. The van der Waals surface area contributed by atoms with E-state index in [1.807, 2.05) is 45.8 Å². The maximum absolute atomic E-state index is 12.4. The van der Waals surface area contributed by atoms with E-state index in [1.54, 1.807) is 54.6 Å². The molecule has 2 aromatic heterocycles. The third-order valence-corrected chi connectivity index (χ3v) is 8.29. The van der Waals surface area contributed by atoms with Crippen molar-refractivity contribution < 1.29 is 9.59 Å². The molecule has 1 unspecified atom stereocenters. The lowest BCUT2D eigenvalue weighted by Gasteiger charge is -2.19. The van der Waals surface area contributed by atoms with Gasteiger partial charge in [0, 0.05) is 62.1 Å². The summed E-state index contributed by atoms with van der Waals surface area (Å²) in [5.74, 6) is -0.402. The van der Waals surface area contributed by atoms with Crippen LogP contribution in [-0.2, 0) is 9.59 Å². The monoisotopic (exact) mass is 621 g/mol. The molecule has 4 aromatic rings. The van der Waals surface area contributed by atoms with Crippen molar-refractivity contribution >= 4 is 80.5 Å². The fourth-order valence-corrected chi connectivity index (χ4v) is 6.02. The summed E-state index contributed by atoms with van der Waals surface area (Å²) >= 11 is 15.3. The number of fused-ring (bicyclic) bond motifs is 2. The zero-order chi connectivity index (χ0) is 29.1. The van der Waals surface area contributed by atoms with E-state index in [2.05, 4.69) is 20.0 Å². The Balaban J connectivity index is 0.000000166. The summed E-state index contributed by atoms with van der Waals surface area (Å²) < 4.78 is 0. The molecular weight excluding hydrogens is 601 g/mol. The van der Waals surface area contributed by atoms with Gasteiger partial charge in [0.15, 0.2) is 0 Å². The summed E-state index contributed by atoms with van der Waals surface area (Å²) in [5, 5.41) is 12.6. The quantitative estimate of drug-likeness (QED) is 0.138. The Kier molecular flexibility index (Phi) is 8.53. The van der Waals surface area contributed by atoms with Gasteiger partial charge in [0.05, 0.1) is 22.8 Å². The number of thiophene rings is 2. The molecule has 0 saturated heterocycles. The molecule has 6 rings (SSSR count). The highest BCUT2D eigenvalue weighted by atomic mass is 35.5. The molecule has 0 radical (unpaired) electrons. The highest BCUT2D eigenvalue weighted by Gasteiger charge is 2.29. The number of hydrogen-bond acceptors (Lipinski definition) is 7. The van der Waals surface area contributed by atoms with Crippen LogP contribution in [0.1, 0.15) is 22.3 Å². The lowest BCUT2D eigenvalue weighted by atomic mass is 10.0. The molecule has 4 heterocycles. The SMILES string of the molecule is CN1C(=O)C(N=[N+]=[N-])N=C(c2ccsc2)c2cc(Cl)ccc21.CN1C(=O)CN=C(c2ccsc2)c2cc(Cl)ccc21. The summed E-state index contributed by atoms with van der Waals surface area (Å²) in [5.41, 5.74) is 15.2. The second-order valence-electron chi connectivity index (χ2n) is 8.92. The van der Waals surface area contributed by atoms with Crippen molar-refractivity contribution in [3.63, 3.8) is 0 Å². The van der Waals surface area contributed by atoms with Gasteiger partial charge in [-0.15, -0.1) is 0 Å². The molecule has 0 fully saturated rings. The molecule has 0 N–H and O–H groups in total. The summed E-state index contributed by atoms with van der Waals surface area (Å²) in [6.45, 7) is 0.161. The number of azide groups is 1. The number of amides is 2. The van der Waals surface area contributed by atoms with Crippen LogP contribution in [0.2, 0.25) is 10.0 Å². The Morgan fingerprint density at radius 1 is 0.878 bits per heavy atom. The second kappa shape index (κ2) is 12.3. The molecule has 2 aliphatic rings. The van der Waals surface area contributed by atoms with Crippen LogP contribution >= 0.6 is 45.9 Å². The maximum atomic E-state index is 12.4. The van der Waals surface area contributed by atoms with Gasteiger partial charge in [-0.25, -0.2) is 0 Å². The Morgan fingerprint density at radius 2 is 1.44 bits per heavy atom. The number of benzene rings is 2. The third-order valence-electron chi connectivity index (χ3n) is 6.45. The highest BCUT2D eigenvalue weighted by Crippen LogP contribution is 2.31. The number of carbonyl (C=O) groups excluding carboxylic acids is 2. The first-order valence-electron chi connectivity index (χ1n) is 12.1.